The van der Waals surface area contributed by atoms with Crippen LogP contribution in [0.4, 0.5) is 0 Å². The monoisotopic (exact) mass is 376 g/mol. The van der Waals surface area contributed by atoms with E-state index in [1.165, 1.54) is 0 Å². The first-order valence-electron chi connectivity index (χ1n) is 8.32. The van der Waals surface area contributed by atoms with Crippen molar-refractivity contribution in [1.29, 1.82) is 0 Å². The van der Waals surface area contributed by atoms with Gasteiger partial charge in [-0.3, -0.25) is 4.79 Å². The molecule has 2 heterocycles. The summed E-state index contributed by atoms with van der Waals surface area (Å²) in [5.41, 5.74) is 2.58. The average Bonchev–Trinajstić information content (AvgIpc) is 3.12. The van der Waals surface area contributed by atoms with Gasteiger partial charge in [0, 0.05) is 16.5 Å². The van der Waals surface area contributed by atoms with Gasteiger partial charge in [-0.1, -0.05) is 30.3 Å². The number of benzene rings is 2. The first kappa shape index (κ1) is 17.2. The number of aromatic nitrogens is 2. The van der Waals surface area contributed by atoms with Crippen molar-refractivity contribution in [3.05, 3.63) is 65.3 Å². The van der Waals surface area contributed by atoms with Crippen LogP contribution in [0.5, 0.6) is 17.4 Å². The highest BCUT2D eigenvalue weighted by Gasteiger charge is 2.17. The summed E-state index contributed by atoms with van der Waals surface area (Å²) < 4.78 is 11.5. The van der Waals surface area contributed by atoms with E-state index >= 15 is 0 Å². The molecular formula is C21H16N2O3S. The molecule has 4 rings (SSSR count). The lowest BCUT2D eigenvalue weighted by Crippen LogP contribution is -1.97. The minimum atomic E-state index is 0.437. The van der Waals surface area contributed by atoms with Crippen LogP contribution in [0, 0.1) is 6.92 Å². The van der Waals surface area contributed by atoms with Crippen molar-refractivity contribution in [2.24, 2.45) is 0 Å². The lowest BCUT2D eigenvalue weighted by Gasteiger charge is -2.12. The fourth-order valence-electron chi connectivity index (χ4n) is 2.87. The molecule has 0 radical (unpaired) electrons. The molecule has 5 nitrogen and oxygen atoms in total. The maximum atomic E-state index is 11.2. The normalized spacial score (nSPS) is 10.7. The zero-order valence-electron chi connectivity index (χ0n) is 14.8. The quantitative estimate of drug-likeness (QED) is 0.444. The molecular weight excluding hydrogens is 360 g/mol. The van der Waals surface area contributed by atoms with E-state index in [2.05, 4.69) is 15.3 Å². The van der Waals surface area contributed by atoms with Gasteiger partial charge in [0.05, 0.1) is 12.5 Å². The van der Waals surface area contributed by atoms with E-state index < -0.39 is 0 Å². The number of carbonyl (C=O) groups excluding carboxylic acids is 1. The molecule has 0 unspecified atom stereocenters. The van der Waals surface area contributed by atoms with E-state index in [0.717, 1.165) is 27.6 Å². The third kappa shape index (κ3) is 3.27. The Morgan fingerprint density at radius 2 is 1.85 bits per heavy atom. The van der Waals surface area contributed by atoms with Gasteiger partial charge in [0.15, 0.2) is 11.5 Å². The van der Waals surface area contributed by atoms with Gasteiger partial charge in [0.1, 0.15) is 16.9 Å². The molecule has 0 fully saturated rings. The zero-order chi connectivity index (χ0) is 18.8. The molecule has 134 valence electrons. The number of methoxy groups -OCH3 is 1. The van der Waals surface area contributed by atoms with Gasteiger partial charge >= 0.3 is 0 Å². The van der Waals surface area contributed by atoms with Crippen molar-refractivity contribution >= 4 is 27.8 Å². The molecule has 0 saturated carbocycles. The molecule has 0 N–H and O–H groups in total. The standard InChI is InChI=1S/C21H16N2O3S/c1-13-22-20(26-18-10-14(11-24)8-9-17(18)25-2)19-16(12-27-21(19)23-13)15-6-4-3-5-7-15/h3-12H,1-2H3. The Labute approximate surface area is 160 Å². The predicted molar refractivity (Wildman–Crippen MR) is 106 cm³/mol. The van der Waals surface area contributed by atoms with Gasteiger partial charge in [0.2, 0.25) is 5.88 Å². The van der Waals surface area contributed by atoms with Crippen LogP contribution in [0.15, 0.2) is 53.9 Å². The first-order valence-corrected chi connectivity index (χ1v) is 9.20. The number of carbonyl (C=O) groups is 1. The number of ether oxygens (including phenoxy) is 2. The number of hydrogen-bond acceptors (Lipinski definition) is 6. The summed E-state index contributed by atoms with van der Waals surface area (Å²) >= 11 is 1.55. The van der Waals surface area contributed by atoms with Gasteiger partial charge in [-0.2, -0.15) is 4.98 Å². The number of aryl methyl sites for hydroxylation is 1. The SMILES string of the molecule is COc1ccc(C=O)cc1Oc1nc(C)nc2scc(-c3ccccc3)c12. The molecule has 0 aliphatic rings. The fourth-order valence-corrected chi connectivity index (χ4v) is 3.85. The molecule has 0 bridgehead atoms. The molecule has 6 heteroatoms. The number of thiophene rings is 1. The Balaban J connectivity index is 1.89. The van der Waals surface area contributed by atoms with E-state index in [1.54, 1.807) is 36.6 Å². The lowest BCUT2D eigenvalue weighted by molar-refractivity contribution is 0.112. The highest BCUT2D eigenvalue weighted by Crippen LogP contribution is 2.41. The van der Waals surface area contributed by atoms with Crippen molar-refractivity contribution in [3.8, 4) is 28.5 Å². The third-order valence-electron chi connectivity index (χ3n) is 4.13. The lowest BCUT2D eigenvalue weighted by atomic mass is 10.1. The van der Waals surface area contributed by atoms with Crippen LogP contribution < -0.4 is 9.47 Å². The molecule has 0 amide bonds. The molecule has 0 spiro atoms. The van der Waals surface area contributed by atoms with E-state index in [4.69, 9.17) is 9.47 Å². The highest BCUT2D eigenvalue weighted by atomic mass is 32.1. The van der Waals surface area contributed by atoms with Crippen LogP contribution in [0.2, 0.25) is 0 Å². The predicted octanol–water partition coefficient (Wildman–Crippen LogP) is 5.28. The number of nitrogens with zero attached hydrogens (tertiary/aromatic N) is 2. The number of aldehydes is 1. The van der Waals surface area contributed by atoms with Gasteiger partial charge in [0.25, 0.3) is 0 Å². The Bertz CT molecular complexity index is 1120. The Morgan fingerprint density at radius 3 is 2.59 bits per heavy atom. The van der Waals surface area contributed by atoms with Crippen LogP contribution in [-0.4, -0.2) is 23.4 Å². The van der Waals surface area contributed by atoms with Crippen LogP contribution in [0.1, 0.15) is 16.2 Å². The number of fused-ring (bicyclic) bond motifs is 1. The van der Waals surface area contributed by atoms with Gasteiger partial charge in [-0.05, 0) is 30.7 Å². The molecule has 2 aromatic carbocycles. The molecule has 4 aromatic rings. The van der Waals surface area contributed by atoms with Crippen molar-refractivity contribution in [3.63, 3.8) is 0 Å². The van der Waals surface area contributed by atoms with E-state index in [1.807, 2.05) is 37.3 Å². The summed E-state index contributed by atoms with van der Waals surface area (Å²) in [5.74, 6) is 2.02. The summed E-state index contributed by atoms with van der Waals surface area (Å²) in [7, 11) is 1.56. The number of rotatable bonds is 5. The topological polar surface area (TPSA) is 61.3 Å². The highest BCUT2D eigenvalue weighted by molar-refractivity contribution is 7.17. The van der Waals surface area contributed by atoms with Crippen LogP contribution in [-0.2, 0) is 0 Å². The second kappa shape index (κ2) is 7.17. The Hall–Kier alpha value is -3.25. The average molecular weight is 376 g/mol. The molecule has 2 aromatic heterocycles. The maximum Gasteiger partial charge on any atom is 0.232 e. The van der Waals surface area contributed by atoms with E-state index in [-0.39, 0.29) is 0 Å². The van der Waals surface area contributed by atoms with Gasteiger partial charge in [-0.25, -0.2) is 4.98 Å². The van der Waals surface area contributed by atoms with Gasteiger partial charge in [-0.15, -0.1) is 11.3 Å². The Kier molecular flexibility index (Phi) is 4.56. The summed E-state index contributed by atoms with van der Waals surface area (Å²) in [6.45, 7) is 1.83. The van der Waals surface area contributed by atoms with Crippen molar-refractivity contribution in [2.75, 3.05) is 7.11 Å². The third-order valence-corrected chi connectivity index (χ3v) is 5.00. The van der Waals surface area contributed by atoms with E-state index in [0.29, 0.717) is 28.8 Å². The minimum absolute atomic E-state index is 0.437. The van der Waals surface area contributed by atoms with Crippen LogP contribution in [0.25, 0.3) is 21.3 Å². The fraction of sp³-hybridized carbons (Fsp3) is 0.0952. The Morgan fingerprint density at radius 1 is 1.04 bits per heavy atom. The summed E-state index contributed by atoms with van der Waals surface area (Å²) in [6, 6.07) is 15.1. The molecule has 0 atom stereocenters. The molecule has 0 saturated heterocycles. The second-order valence-electron chi connectivity index (χ2n) is 5.90. The molecule has 0 aliphatic heterocycles. The summed E-state index contributed by atoms with van der Waals surface area (Å²) in [4.78, 5) is 21.1. The largest absolute Gasteiger partial charge is 0.493 e. The maximum absolute atomic E-state index is 11.2. The van der Waals surface area contributed by atoms with Gasteiger partial charge < -0.3 is 9.47 Å². The smallest absolute Gasteiger partial charge is 0.232 e. The molecule has 27 heavy (non-hydrogen) atoms. The van der Waals surface area contributed by atoms with E-state index in [9.17, 15) is 4.79 Å². The van der Waals surface area contributed by atoms with Crippen LogP contribution in [0.3, 0.4) is 0 Å². The van der Waals surface area contributed by atoms with Crippen molar-refractivity contribution < 1.29 is 14.3 Å². The number of hydrogen-bond donors (Lipinski definition) is 0. The summed E-state index contributed by atoms with van der Waals surface area (Å²) in [5, 5.41) is 2.90. The minimum Gasteiger partial charge on any atom is -0.493 e. The van der Waals surface area contributed by atoms with Crippen LogP contribution >= 0.6 is 11.3 Å². The van der Waals surface area contributed by atoms with Crippen molar-refractivity contribution in [1.82, 2.24) is 9.97 Å². The first-order chi connectivity index (χ1) is 13.2. The summed E-state index contributed by atoms with van der Waals surface area (Å²) in [6.07, 6.45) is 0.771. The second-order valence-corrected chi connectivity index (χ2v) is 6.76. The van der Waals surface area contributed by atoms with Crippen molar-refractivity contribution in [2.45, 2.75) is 6.92 Å². The zero-order valence-corrected chi connectivity index (χ0v) is 15.6. The molecule has 0 aliphatic carbocycles.